The minimum atomic E-state index is -0.415. The SMILES string of the molecule is CNC(Cc1cc(F)ccc1F)c1ccc(C)c(Br)c1. The third kappa shape index (κ3) is 3.44. The van der Waals surface area contributed by atoms with Crippen LogP contribution in [0.15, 0.2) is 40.9 Å². The summed E-state index contributed by atoms with van der Waals surface area (Å²) in [5, 5.41) is 3.15. The van der Waals surface area contributed by atoms with Gasteiger partial charge in [0.2, 0.25) is 0 Å². The normalized spacial score (nSPS) is 12.4. The molecule has 1 unspecified atom stereocenters. The van der Waals surface area contributed by atoms with E-state index < -0.39 is 5.82 Å². The number of aryl methyl sites for hydroxylation is 1. The van der Waals surface area contributed by atoms with E-state index in [1.54, 1.807) is 0 Å². The number of likely N-dealkylation sites (N-methyl/N-ethyl adjacent to an activating group) is 1. The van der Waals surface area contributed by atoms with Gasteiger partial charge in [0.05, 0.1) is 0 Å². The van der Waals surface area contributed by atoms with Crippen molar-refractivity contribution in [1.29, 1.82) is 0 Å². The lowest BCUT2D eigenvalue weighted by molar-refractivity contribution is 0.544. The Kier molecular flexibility index (Phi) is 4.89. The van der Waals surface area contributed by atoms with Gasteiger partial charge in [-0.15, -0.1) is 0 Å². The topological polar surface area (TPSA) is 12.0 Å². The standard InChI is InChI=1S/C16H16BrF2N/c1-10-3-4-11(8-14(10)17)16(20-2)9-12-7-13(18)5-6-15(12)19/h3-8,16,20H,9H2,1-2H3. The van der Waals surface area contributed by atoms with E-state index in [1.165, 1.54) is 12.1 Å². The van der Waals surface area contributed by atoms with E-state index in [-0.39, 0.29) is 11.9 Å². The second kappa shape index (κ2) is 6.46. The van der Waals surface area contributed by atoms with Gasteiger partial charge in [-0.05, 0) is 61.3 Å². The molecule has 0 aromatic heterocycles. The van der Waals surface area contributed by atoms with Crippen molar-refractivity contribution in [3.63, 3.8) is 0 Å². The molecule has 20 heavy (non-hydrogen) atoms. The third-order valence-corrected chi connectivity index (χ3v) is 4.23. The lowest BCUT2D eigenvalue weighted by atomic mass is 9.98. The van der Waals surface area contributed by atoms with E-state index in [0.717, 1.165) is 21.7 Å². The maximum absolute atomic E-state index is 13.7. The molecule has 1 atom stereocenters. The van der Waals surface area contributed by atoms with Gasteiger partial charge in [0.1, 0.15) is 11.6 Å². The second-order valence-electron chi connectivity index (χ2n) is 4.79. The molecular formula is C16H16BrF2N. The number of benzene rings is 2. The van der Waals surface area contributed by atoms with Crippen LogP contribution in [0.5, 0.6) is 0 Å². The minimum Gasteiger partial charge on any atom is -0.313 e. The zero-order valence-electron chi connectivity index (χ0n) is 11.4. The highest BCUT2D eigenvalue weighted by Gasteiger charge is 2.14. The molecule has 1 nitrogen and oxygen atoms in total. The van der Waals surface area contributed by atoms with Gasteiger partial charge in [-0.25, -0.2) is 8.78 Å². The van der Waals surface area contributed by atoms with E-state index in [0.29, 0.717) is 12.0 Å². The summed E-state index contributed by atoms with van der Waals surface area (Å²) in [6.45, 7) is 2.01. The molecule has 0 heterocycles. The van der Waals surface area contributed by atoms with Gasteiger partial charge in [0, 0.05) is 10.5 Å². The van der Waals surface area contributed by atoms with Crippen LogP contribution in [0.3, 0.4) is 0 Å². The van der Waals surface area contributed by atoms with Crippen LogP contribution in [0.2, 0.25) is 0 Å². The summed E-state index contributed by atoms with van der Waals surface area (Å²) in [4.78, 5) is 0. The summed E-state index contributed by atoms with van der Waals surface area (Å²) in [7, 11) is 1.82. The van der Waals surface area contributed by atoms with Crippen LogP contribution >= 0.6 is 15.9 Å². The predicted molar refractivity (Wildman–Crippen MR) is 80.7 cm³/mol. The quantitative estimate of drug-likeness (QED) is 0.862. The molecule has 2 rings (SSSR count). The minimum absolute atomic E-state index is 0.0665. The van der Waals surface area contributed by atoms with Gasteiger partial charge in [-0.2, -0.15) is 0 Å². The van der Waals surface area contributed by atoms with E-state index in [4.69, 9.17) is 0 Å². The molecule has 4 heteroatoms. The maximum Gasteiger partial charge on any atom is 0.126 e. The third-order valence-electron chi connectivity index (χ3n) is 3.38. The molecule has 0 aliphatic carbocycles. The van der Waals surface area contributed by atoms with Gasteiger partial charge in [0.15, 0.2) is 0 Å². The molecule has 0 radical (unpaired) electrons. The van der Waals surface area contributed by atoms with Crippen LogP contribution in [-0.4, -0.2) is 7.05 Å². The van der Waals surface area contributed by atoms with Crippen molar-refractivity contribution in [3.05, 3.63) is 69.2 Å². The van der Waals surface area contributed by atoms with Crippen molar-refractivity contribution in [2.24, 2.45) is 0 Å². The Labute approximate surface area is 126 Å². The molecule has 0 amide bonds. The molecule has 0 aliphatic rings. The van der Waals surface area contributed by atoms with Crippen LogP contribution in [0.1, 0.15) is 22.7 Å². The summed E-state index contributed by atoms with van der Waals surface area (Å²) in [5.41, 5.74) is 2.55. The second-order valence-corrected chi connectivity index (χ2v) is 5.64. The molecule has 0 aliphatic heterocycles. The molecule has 1 N–H and O–H groups in total. The number of hydrogen-bond donors (Lipinski definition) is 1. The zero-order valence-corrected chi connectivity index (χ0v) is 13.0. The number of halogens is 3. The maximum atomic E-state index is 13.7. The first-order valence-electron chi connectivity index (χ1n) is 6.38. The number of hydrogen-bond acceptors (Lipinski definition) is 1. The molecule has 106 valence electrons. The van der Waals surface area contributed by atoms with Gasteiger partial charge in [-0.1, -0.05) is 28.1 Å². The van der Waals surface area contributed by atoms with Gasteiger partial charge >= 0.3 is 0 Å². The van der Waals surface area contributed by atoms with Crippen molar-refractivity contribution >= 4 is 15.9 Å². The first kappa shape index (κ1) is 15.1. The zero-order chi connectivity index (χ0) is 14.7. The summed E-state index contributed by atoms with van der Waals surface area (Å²) >= 11 is 3.49. The Morgan fingerprint density at radius 3 is 2.55 bits per heavy atom. The smallest absolute Gasteiger partial charge is 0.126 e. The summed E-state index contributed by atoms with van der Waals surface area (Å²) in [6, 6.07) is 9.50. The first-order valence-corrected chi connectivity index (χ1v) is 7.18. The van der Waals surface area contributed by atoms with E-state index >= 15 is 0 Å². The largest absolute Gasteiger partial charge is 0.313 e. The van der Waals surface area contributed by atoms with Crippen LogP contribution in [0.4, 0.5) is 8.78 Å². The number of rotatable bonds is 4. The molecule has 0 spiro atoms. The van der Waals surface area contributed by atoms with E-state index in [1.807, 2.05) is 32.2 Å². The Balaban J connectivity index is 2.28. The summed E-state index contributed by atoms with van der Waals surface area (Å²) in [5.74, 6) is -0.792. The fraction of sp³-hybridized carbons (Fsp3) is 0.250. The van der Waals surface area contributed by atoms with E-state index in [2.05, 4.69) is 21.2 Å². The average molecular weight is 340 g/mol. The van der Waals surface area contributed by atoms with Crippen molar-refractivity contribution in [1.82, 2.24) is 5.32 Å². The molecule has 0 fully saturated rings. The van der Waals surface area contributed by atoms with Crippen molar-refractivity contribution in [2.75, 3.05) is 7.05 Å². The highest BCUT2D eigenvalue weighted by atomic mass is 79.9. The molecule has 2 aromatic carbocycles. The summed E-state index contributed by atoms with van der Waals surface area (Å²) in [6.07, 6.45) is 0.398. The Hall–Kier alpha value is -1.26. The Morgan fingerprint density at radius 1 is 1.15 bits per heavy atom. The van der Waals surface area contributed by atoms with Crippen molar-refractivity contribution in [2.45, 2.75) is 19.4 Å². The van der Waals surface area contributed by atoms with Crippen molar-refractivity contribution < 1.29 is 8.78 Å². The lowest BCUT2D eigenvalue weighted by Crippen LogP contribution is -2.19. The first-order chi connectivity index (χ1) is 9.51. The summed E-state index contributed by atoms with van der Waals surface area (Å²) < 4.78 is 28.0. The molecule has 0 bridgehead atoms. The van der Waals surface area contributed by atoms with Crippen LogP contribution in [-0.2, 0) is 6.42 Å². The highest BCUT2D eigenvalue weighted by Crippen LogP contribution is 2.25. The van der Waals surface area contributed by atoms with Crippen LogP contribution < -0.4 is 5.32 Å². The Morgan fingerprint density at radius 2 is 1.90 bits per heavy atom. The fourth-order valence-corrected chi connectivity index (χ4v) is 2.53. The monoisotopic (exact) mass is 339 g/mol. The fourth-order valence-electron chi connectivity index (χ4n) is 2.13. The van der Waals surface area contributed by atoms with Gasteiger partial charge < -0.3 is 5.32 Å². The van der Waals surface area contributed by atoms with Crippen molar-refractivity contribution in [3.8, 4) is 0 Å². The molecule has 2 aromatic rings. The lowest BCUT2D eigenvalue weighted by Gasteiger charge is -2.18. The van der Waals surface area contributed by atoms with Gasteiger partial charge in [-0.3, -0.25) is 0 Å². The Bertz CT molecular complexity index is 613. The van der Waals surface area contributed by atoms with Crippen LogP contribution in [0, 0.1) is 18.6 Å². The molecule has 0 saturated heterocycles. The number of nitrogens with one attached hydrogen (secondary N) is 1. The van der Waals surface area contributed by atoms with E-state index in [9.17, 15) is 8.78 Å². The highest BCUT2D eigenvalue weighted by molar-refractivity contribution is 9.10. The average Bonchev–Trinajstić information content (AvgIpc) is 2.43. The van der Waals surface area contributed by atoms with Gasteiger partial charge in [0.25, 0.3) is 0 Å². The predicted octanol–water partition coefficient (Wildman–Crippen LogP) is 4.54. The molecule has 0 saturated carbocycles. The molecular weight excluding hydrogens is 324 g/mol. The van der Waals surface area contributed by atoms with Crippen LogP contribution in [0.25, 0.3) is 0 Å².